The molecular weight excluding hydrogens is 279 g/mol. The number of rotatable bonds is 4. The smallest absolute Gasteiger partial charge is 0.0640 e. The molecule has 0 aromatic heterocycles. The zero-order chi connectivity index (χ0) is 13.7. The average molecular weight is 301 g/mol. The average Bonchev–Trinajstić information content (AvgIpc) is 2.68. The lowest BCUT2D eigenvalue weighted by molar-refractivity contribution is 0.402. The molecule has 1 fully saturated rings. The van der Waals surface area contributed by atoms with Gasteiger partial charge in [-0.25, -0.2) is 0 Å². The minimum absolute atomic E-state index is 0.0919. The number of nitrogens with two attached hydrogens (primary N) is 1. The molecule has 4 heteroatoms. The van der Waals surface area contributed by atoms with Crippen molar-refractivity contribution in [2.75, 3.05) is 6.54 Å². The van der Waals surface area contributed by atoms with Gasteiger partial charge in [-0.1, -0.05) is 61.0 Å². The van der Waals surface area contributed by atoms with Gasteiger partial charge in [0.05, 0.1) is 10.0 Å². The summed E-state index contributed by atoms with van der Waals surface area (Å²) in [5.74, 6) is 0. The summed E-state index contributed by atoms with van der Waals surface area (Å²) in [7, 11) is 0. The molecule has 0 aliphatic heterocycles. The number of halogens is 2. The maximum absolute atomic E-state index is 6.29. The Balaban J connectivity index is 2.08. The van der Waals surface area contributed by atoms with Crippen molar-refractivity contribution in [3.05, 3.63) is 33.8 Å². The van der Waals surface area contributed by atoms with Crippen LogP contribution in [0.2, 0.25) is 10.0 Å². The summed E-state index contributed by atoms with van der Waals surface area (Å²) in [6.45, 7) is 0.538. The van der Waals surface area contributed by atoms with Crippen molar-refractivity contribution in [3.8, 4) is 0 Å². The fraction of sp³-hybridized carbons (Fsp3) is 0.600. The molecule has 1 aromatic carbocycles. The van der Waals surface area contributed by atoms with Crippen molar-refractivity contribution in [2.45, 2.75) is 50.6 Å². The van der Waals surface area contributed by atoms with Crippen molar-refractivity contribution in [1.29, 1.82) is 0 Å². The third-order valence-corrected chi connectivity index (χ3v) is 4.72. The van der Waals surface area contributed by atoms with E-state index in [0.717, 1.165) is 5.56 Å². The Labute approximate surface area is 125 Å². The van der Waals surface area contributed by atoms with Crippen molar-refractivity contribution in [2.24, 2.45) is 5.73 Å². The van der Waals surface area contributed by atoms with E-state index in [1.165, 1.54) is 38.5 Å². The van der Waals surface area contributed by atoms with Gasteiger partial charge in [0.2, 0.25) is 0 Å². The molecule has 106 valence electrons. The van der Waals surface area contributed by atoms with Crippen molar-refractivity contribution in [3.63, 3.8) is 0 Å². The quantitative estimate of drug-likeness (QED) is 0.813. The van der Waals surface area contributed by atoms with Gasteiger partial charge >= 0.3 is 0 Å². The highest BCUT2D eigenvalue weighted by atomic mass is 35.5. The number of hydrogen-bond acceptors (Lipinski definition) is 2. The largest absolute Gasteiger partial charge is 0.329 e. The molecule has 2 rings (SSSR count). The molecule has 0 radical (unpaired) electrons. The lowest BCUT2D eigenvalue weighted by atomic mass is 10.0. The predicted molar refractivity (Wildman–Crippen MR) is 82.9 cm³/mol. The van der Waals surface area contributed by atoms with Crippen molar-refractivity contribution in [1.82, 2.24) is 5.32 Å². The van der Waals surface area contributed by atoms with Gasteiger partial charge in [-0.2, -0.15) is 0 Å². The first-order valence-corrected chi connectivity index (χ1v) is 7.88. The van der Waals surface area contributed by atoms with Gasteiger partial charge in [-0.15, -0.1) is 0 Å². The minimum Gasteiger partial charge on any atom is -0.329 e. The van der Waals surface area contributed by atoms with Crippen LogP contribution in [0.1, 0.15) is 50.1 Å². The van der Waals surface area contributed by atoms with Crippen LogP contribution in [0.4, 0.5) is 0 Å². The Morgan fingerprint density at radius 2 is 1.84 bits per heavy atom. The van der Waals surface area contributed by atoms with Gasteiger partial charge in [0.15, 0.2) is 0 Å². The lowest BCUT2D eigenvalue weighted by Crippen LogP contribution is -2.36. The zero-order valence-electron chi connectivity index (χ0n) is 11.2. The maximum atomic E-state index is 6.29. The standard InChI is InChI=1S/C15H22Cl2N2/c16-13-9-5-8-12(15(13)17)14(10-18)19-11-6-3-1-2-4-7-11/h5,8-9,11,14,19H,1-4,6-7,10,18H2. The molecule has 1 aliphatic carbocycles. The van der Waals surface area contributed by atoms with Crippen LogP contribution >= 0.6 is 23.2 Å². The van der Waals surface area contributed by atoms with Crippen LogP contribution in [-0.4, -0.2) is 12.6 Å². The second-order valence-electron chi connectivity index (χ2n) is 5.29. The van der Waals surface area contributed by atoms with Crippen LogP contribution in [0.15, 0.2) is 18.2 Å². The first kappa shape index (κ1) is 15.1. The maximum Gasteiger partial charge on any atom is 0.0640 e. The molecule has 1 unspecified atom stereocenters. The van der Waals surface area contributed by atoms with Crippen LogP contribution in [0.5, 0.6) is 0 Å². The Kier molecular flexibility index (Phi) is 5.96. The summed E-state index contributed by atoms with van der Waals surface area (Å²) < 4.78 is 0. The molecule has 1 aromatic rings. The SMILES string of the molecule is NCC(NC1CCCCCC1)c1cccc(Cl)c1Cl. The second kappa shape index (κ2) is 7.49. The molecule has 1 saturated carbocycles. The van der Waals surface area contributed by atoms with E-state index in [-0.39, 0.29) is 6.04 Å². The molecular formula is C15H22Cl2N2. The second-order valence-corrected chi connectivity index (χ2v) is 6.07. The normalized spacial score (nSPS) is 19.1. The van der Waals surface area contributed by atoms with Gasteiger partial charge in [-0.05, 0) is 24.5 Å². The van der Waals surface area contributed by atoms with E-state index in [1.807, 2.05) is 18.2 Å². The monoisotopic (exact) mass is 300 g/mol. The Hall–Kier alpha value is -0.280. The highest BCUT2D eigenvalue weighted by Gasteiger charge is 2.19. The molecule has 2 nitrogen and oxygen atoms in total. The lowest BCUT2D eigenvalue weighted by Gasteiger charge is -2.25. The van der Waals surface area contributed by atoms with E-state index in [1.54, 1.807) is 0 Å². The molecule has 0 heterocycles. The zero-order valence-corrected chi connectivity index (χ0v) is 12.7. The van der Waals surface area contributed by atoms with E-state index < -0.39 is 0 Å². The minimum atomic E-state index is 0.0919. The summed E-state index contributed by atoms with van der Waals surface area (Å²) in [6, 6.07) is 6.39. The van der Waals surface area contributed by atoms with E-state index >= 15 is 0 Å². The van der Waals surface area contributed by atoms with E-state index in [9.17, 15) is 0 Å². The summed E-state index contributed by atoms with van der Waals surface area (Å²) in [5, 5.41) is 4.89. The van der Waals surface area contributed by atoms with E-state index in [2.05, 4.69) is 5.32 Å². The molecule has 1 aliphatic rings. The third kappa shape index (κ3) is 4.09. The molecule has 1 atom stereocenters. The topological polar surface area (TPSA) is 38.0 Å². The first-order chi connectivity index (χ1) is 9.22. The third-order valence-electron chi connectivity index (χ3n) is 3.88. The number of nitrogens with one attached hydrogen (secondary N) is 1. The molecule has 0 spiro atoms. The van der Waals surface area contributed by atoms with Crippen LogP contribution in [0, 0.1) is 0 Å². The predicted octanol–water partition coefficient (Wildman–Crippen LogP) is 4.31. The van der Waals surface area contributed by atoms with Crippen molar-refractivity contribution < 1.29 is 0 Å². The molecule has 19 heavy (non-hydrogen) atoms. The van der Waals surface area contributed by atoms with Gasteiger partial charge in [0, 0.05) is 18.6 Å². The highest BCUT2D eigenvalue weighted by Crippen LogP contribution is 2.30. The number of benzene rings is 1. The van der Waals surface area contributed by atoms with Crippen LogP contribution in [0.25, 0.3) is 0 Å². The van der Waals surface area contributed by atoms with Crippen molar-refractivity contribution >= 4 is 23.2 Å². The highest BCUT2D eigenvalue weighted by molar-refractivity contribution is 6.42. The number of hydrogen-bond donors (Lipinski definition) is 2. The Bertz CT molecular complexity index is 401. The first-order valence-electron chi connectivity index (χ1n) is 7.12. The van der Waals surface area contributed by atoms with Crippen LogP contribution in [0.3, 0.4) is 0 Å². The Morgan fingerprint density at radius 3 is 2.47 bits per heavy atom. The summed E-state index contributed by atoms with van der Waals surface area (Å²) in [5.41, 5.74) is 6.93. The molecule has 0 amide bonds. The van der Waals surface area contributed by atoms with E-state index in [4.69, 9.17) is 28.9 Å². The molecule has 0 bridgehead atoms. The fourth-order valence-electron chi connectivity index (χ4n) is 2.80. The Morgan fingerprint density at radius 1 is 1.16 bits per heavy atom. The van der Waals surface area contributed by atoms with E-state index in [0.29, 0.717) is 22.6 Å². The van der Waals surface area contributed by atoms with Gasteiger partial charge < -0.3 is 11.1 Å². The van der Waals surface area contributed by atoms with Gasteiger partial charge in [-0.3, -0.25) is 0 Å². The van der Waals surface area contributed by atoms with Crippen LogP contribution in [-0.2, 0) is 0 Å². The summed E-state index contributed by atoms with van der Waals surface area (Å²) in [6.07, 6.45) is 7.77. The van der Waals surface area contributed by atoms with Crippen LogP contribution < -0.4 is 11.1 Å². The summed E-state index contributed by atoms with van der Waals surface area (Å²) in [4.78, 5) is 0. The summed E-state index contributed by atoms with van der Waals surface area (Å²) >= 11 is 12.4. The van der Waals surface area contributed by atoms with Gasteiger partial charge in [0.1, 0.15) is 0 Å². The van der Waals surface area contributed by atoms with Gasteiger partial charge in [0.25, 0.3) is 0 Å². The molecule has 0 saturated heterocycles. The molecule has 3 N–H and O–H groups in total. The fourth-order valence-corrected chi connectivity index (χ4v) is 3.24.